The molecule has 5 nitrogen and oxygen atoms in total. The summed E-state index contributed by atoms with van der Waals surface area (Å²) in [4.78, 5) is 25.4. The molecule has 2 N–H and O–H groups in total. The summed E-state index contributed by atoms with van der Waals surface area (Å²) in [7, 11) is 1.86. The van der Waals surface area contributed by atoms with Crippen LogP contribution in [-0.4, -0.2) is 24.0 Å². The summed E-state index contributed by atoms with van der Waals surface area (Å²) in [6.45, 7) is 2.62. The zero-order valence-electron chi connectivity index (χ0n) is 14.7. The average Bonchev–Trinajstić information content (AvgIpc) is 2.60. The van der Waals surface area contributed by atoms with Crippen molar-refractivity contribution in [3.63, 3.8) is 0 Å². The molecule has 0 bridgehead atoms. The number of carboxylic acids is 1. The van der Waals surface area contributed by atoms with Gasteiger partial charge in [-0.05, 0) is 30.2 Å². The van der Waals surface area contributed by atoms with Gasteiger partial charge in [0.1, 0.15) is 0 Å². The Balaban J connectivity index is 2.18. The maximum atomic E-state index is 11.8. The minimum Gasteiger partial charge on any atom is -0.478 e. The van der Waals surface area contributed by atoms with Crippen molar-refractivity contribution in [2.45, 2.75) is 32.7 Å². The summed E-state index contributed by atoms with van der Waals surface area (Å²) in [6.07, 6.45) is 2.20. The van der Waals surface area contributed by atoms with E-state index >= 15 is 0 Å². The highest BCUT2D eigenvalue weighted by atomic mass is 16.4. The third-order valence-corrected chi connectivity index (χ3v) is 3.94. The van der Waals surface area contributed by atoms with Crippen LogP contribution in [0, 0.1) is 0 Å². The van der Waals surface area contributed by atoms with Gasteiger partial charge >= 0.3 is 5.97 Å². The first kappa shape index (κ1) is 18.5. The van der Waals surface area contributed by atoms with Crippen molar-refractivity contribution < 1.29 is 14.7 Å². The second-order valence-electron chi connectivity index (χ2n) is 6.03. The molecule has 0 aromatic heterocycles. The summed E-state index contributed by atoms with van der Waals surface area (Å²) >= 11 is 0. The molecule has 2 aromatic carbocycles. The first-order chi connectivity index (χ1) is 12.0. The van der Waals surface area contributed by atoms with E-state index in [2.05, 4.69) is 5.32 Å². The SMILES string of the molecule is CCCCC(=O)Nc1ccc(N(C)Cc2ccccc2)c(C(=O)O)c1. The van der Waals surface area contributed by atoms with Gasteiger partial charge in [0.15, 0.2) is 0 Å². The fourth-order valence-corrected chi connectivity index (χ4v) is 2.62. The Hall–Kier alpha value is -2.82. The highest BCUT2D eigenvalue weighted by Crippen LogP contribution is 2.25. The number of carbonyl (C=O) groups is 2. The monoisotopic (exact) mass is 340 g/mol. The average molecular weight is 340 g/mol. The van der Waals surface area contributed by atoms with Gasteiger partial charge in [-0.1, -0.05) is 43.7 Å². The molecule has 0 aliphatic rings. The predicted molar refractivity (Wildman–Crippen MR) is 100 cm³/mol. The van der Waals surface area contributed by atoms with E-state index in [0.29, 0.717) is 24.3 Å². The molecule has 0 fully saturated rings. The Bertz CT molecular complexity index is 729. The van der Waals surface area contributed by atoms with Crippen LogP contribution in [0.4, 0.5) is 11.4 Å². The number of nitrogens with zero attached hydrogens (tertiary/aromatic N) is 1. The first-order valence-corrected chi connectivity index (χ1v) is 8.43. The molecule has 0 saturated carbocycles. The number of carboxylic acid groups (broad SMARTS) is 1. The Morgan fingerprint density at radius 1 is 1.12 bits per heavy atom. The zero-order chi connectivity index (χ0) is 18.2. The molecule has 0 spiro atoms. The van der Waals surface area contributed by atoms with Crippen molar-refractivity contribution in [3.8, 4) is 0 Å². The van der Waals surface area contributed by atoms with Crippen LogP contribution in [0.15, 0.2) is 48.5 Å². The zero-order valence-corrected chi connectivity index (χ0v) is 14.7. The van der Waals surface area contributed by atoms with Crippen molar-refractivity contribution in [2.24, 2.45) is 0 Å². The molecule has 0 heterocycles. The van der Waals surface area contributed by atoms with E-state index in [-0.39, 0.29) is 11.5 Å². The fourth-order valence-electron chi connectivity index (χ4n) is 2.62. The standard InChI is InChI=1S/C20H24N2O3/c1-3-4-10-19(23)21-16-11-12-18(17(13-16)20(24)25)22(2)14-15-8-6-5-7-9-15/h5-9,11-13H,3-4,10,14H2,1-2H3,(H,21,23)(H,24,25). The second kappa shape index (κ2) is 8.87. The number of carbonyl (C=O) groups excluding carboxylic acids is 1. The topological polar surface area (TPSA) is 69.6 Å². The first-order valence-electron chi connectivity index (χ1n) is 8.43. The van der Waals surface area contributed by atoms with Crippen molar-refractivity contribution in [1.29, 1.82) is 0 Å². The molecule has 0 atom stereocenters. The van der Waals surface area contributed by atoms with Crippen LogP contribution in [0.25, 0.3) is 0 Å². The highest BCUT2D eigenvalue weighted by molar-refractivity contribution is 5.98. The van der Waals surface area contributed by atoms with Crippen LogP contribution in [0.1, 0.15) is 42.1 Å². The van der Waals surface area contributed by atoms with Gasteiger partial charge in [0.2, 0.25) is 5.91 Å². The lowest BCUT2D eigenvalue weighted by molar-refractivity contribution is -0.116. The number of rotatable bonds is 8. The molecule has 5 heteroatoms. The second-order valence-corrected chi connectivity index (χ2v) is 6.03. The number of aromatic carboxylic acids is 1. The summed E-state index contributed by atoms with van der Waals surface area (Å²) in [6, 6.07) is 14.9. The third-order valence-electron chi connectivity index (χ3n) is 3.94. The van der Waals surface area contributed by atoms with Gasteiger partial charge in [0, 0.05) is 25.7 Å². The Kier molecular flexibility index (Phi) is 6.57. The molecule has 0 radical (unpaired) electrons. The molecule has 2 rings (SSSR count). The normalized spacial score (nSPS) is 10.3. The lowest BCUT2D eigenvalue weighted by atomic mass is 10.1. The smallest absolute Gasteiger partial charge is 0.337 e. The lowest BCUT2D eigenvalue weighted by Gasteiger charge is -2.22. The van der Waals surface area contributed by atoms with E-state index in [1.54, 1.807) is 12.1 Å². The minimum atomic E-state index is -1.01. The third kappa shape index (κ3) is 5.35. The Morgan fingerprint density at radius 2 is 1.84 bits per heavy atom. The molecule has 0 aliphatic carbocycles. The molecule has 0 unspecified atom stereocenters. The van der Waals surface area contributed by atoms with E-state index < -0.39 is 5.97 Å². The molecule has 25 heavy (non-hydrogen) atoms. The van der Waals surface area contributed by atoms with E-state index in [1.807, 2.05) is 49.2 Å². The lowest BCUT2D eigenvalue weighted by Crippen LogP contribution is -2.20. The maximum absolute atomic E-state index is 11.8. The van der Waals surface area contributed by atoms with Crippen LogP contribution < -0.4 is 10.2 Å². The van der Waals surface area contributed by atoms with Crippen LogP contribution in [0.3, 0.4) is 0 Å². The van der Waals surface area contributed by atoms with Gasteiger partial charge in [0.25, 0.3) is 0 Å². The molecule has 132 valence electrons. The van der Waals surface area contributed by atoms with Crippen LogP contribution in [-0.2, 0) is 11.3 Å². The Morgan fingerprint density at radius 3 is 2.48 bits per heavy atom. The van der Waals surface area contributed by atoms with E-state index in [9.17, 15) is 14.7 Å². The van der Waals surface area contributed by atoms with Gasteiger partial charge < -0.3 is 15.3 Å². The van der Waals surface area contributed by atoms with Crippen LogP contribution in [0.2, 0.25) is 0 Å². The largest absolute Gasteiger partial charge is 0.478 e. The van der Waals surface area contributed by atoms with E-state index in [4.69, 9.17) is 0 Å². The molecule has 2 aromatic rings. The summed E-state index contributed by atoms with van der Waals surface area (Å²) in [5.41, 5.74) is 2.39. The number of nitrogens with one attached hydrogen (secondary N) is 1. The molecular formula is C20H24N2O3. The number of benzene rings is 2. The van der Waals surface area contributed by atoms with Crippen molar-refractivity contribution in [2.75, 3.05) is 17.3 Å². The predicted octanol–water partition coefficient (Wildman–Crippen LogP) is 4.15. The fraction of sp³-hybridized carbons (Fsp3) is 0.300. The summed E-state index contributed by atoms with van der Waals surface area (Å²) in [5, 5.41) is 12.3. The minimum absolute atomic E-state index is 0.0939. The van der Waals surface area contributed by atoms with Gasteiger partial charge in [-0.2, -0.15) is 0 Å². The molecule has 0 aliphatic heterocycles. The van der Waals surface area contributed by atoms with Gasteiger partial charge in [-0.25, -0.2) is 4.79 Å². The van der Waals surface area contributed by atoms with Crippen molar-refractivity contribution >= 4 is 23.3 Å². The van der Waals surface area contributed by atoms with Crippen LogP contribution >= 0.6 is 0 Å². The van der Waals surface area contributed by atoms with E-state index in [1.165, 1.54) is 6.07 Å². The van der Waals surface area contributed by atoms with Crippen molar-refractivity contribution in [3.05, 3.63) is 59.7 Å². The van der Waals surface area contributed by atoms with Gasteiger partial charge in [-0.15, -0.1) is 0 Å². The van der Waals surface area contributed by atoms with Gasteiger partial charge in [0.05, 0.1) is 11.3 Å². The molecule has 0 saturated heterocycles. The quantitative estimate of drug-likeness (QED) is 0.757. The maximum Gasteiger partial charge on any atom is 0.337 e. The van der Waals surface area contributed by atoms with Crippen LogP contribution in [0.5, 0.6) is 0 Å². The number of unbranched alkanes of at least 4 members (excludes halogenated alkanes) is 1. The number of anilines is 2. The van der Waals surface area contributed by atoms with Gasteiger partial charge in [-0.3, -0.25) is 4.79 Å². The highest BCUT2D eigenvalue weighted by Gasteiger charge is 2.15. The summed E-state index contributed by atoms with van der Waals surface area (Å²) in [5.74, 6) is -1.11. The molecule has 1 amide bonds. The van der Waals surface area contributed by atoms with Crippen molar-refractivity contribution in [1.82, 2.24) is 0 Å². The number of amides is 1. The number of hydrogen-bond acceptors (Lipinski definition) is 3. The number of hydrogen-bond donors (Lipinski definition) is 2. The molecular weight excluding hydrogens is 316 g/mol. The Labute approximate surface area is 148 Å². The summed E-state index contributed by atoms with van der Waals surface area (Å²) < 4.78 is 0. The van der Waals surface area contributed by atoms with E-state index in [0.717, 1.165) is 18.4 Å².